The van der Waals surface area contributed by atoms with Crippen LogP contribution >= 0.6 is 16.1 Å². The molecule has 0 spiro atoms. The molecule has 1 aromatic heterocycles. The molecule has 1 rings (SSSR count). The Balaban J connectivity index is 3.24. The normalized spacial score (nSPS) is 9.09. The molecule has 6 heteroatoms. The Morgan fingerprint density at radius 1 is 1.73 bits per heavy atom. The third-order valence-electron chi connectivity index (χ3n) is 1.10. The van der Waals surface area contributed by atoms with E-state index in [2.05, 4.69) is 16.1 Å². The summed E-state index contributed by atoms with van der Waals surface area (Å²) in [5.74, 6) is -0.151. The molecule has 0 atom stereocenters. The molecular formula is C5H2BrN3O2. The van der Waals surface area contributed by atoms with Crippen molar-refractivity contribution in [1.29, 1.82) is 5.26 Å². The molecule has 0 fully saturated rings. The Kier molecular flexibility index (Phi) is 1.92. The molecule has 0 N–H and O–H groups in total. The molecule has 56 valence electrons. The Labute approximate surface area is 70.3 Å². The van der Waals surface area contributed by atoms with Crippen molar-refractivity contribution in [3.63, 3.8) is 0 Å². The van der Waals surface area contributed by atoms with E-state index in [4.69, 9.17) is 5.26 Å². The van der Waals surface area contributed by atoms with Gasteiger partial charge in [-0.15, -0.1) is 3.59 Å². The number of nitriles is 1. The average molecular weight is 216 g/mol. The molecule has 0 bridgehead atoms. The van der Waals surface area contributed by atoms with E-state index >= 15 is 0 Å². The summed E-state index contributed by atoms with van der Waals surface area (Å²) in [5, 5.41) is 18.6. The van der Waals surface area contributed by atoms with Crippen LogP contribution in [-0.2, 0) is 0 Å². The molecule has 0 radical (unpaired) electrons. The lowest BCUT2D eigenvalue weighted by atomic mass is 10.5. The van der Waals surface area contributed by atoms with Gasteiger partial charge >= 0.3 is 5.82 Å². The lowest BCUT2D eigenvalue weighted by Crippen LogP contribution is -1.93. The van der Waals surface area contributed by atoms with Crippen LogP contribution in [0.25, 0.3) is 0 Å². The van der Waals surface area contributed by atoms with Crippen molar-refractivity contribution in [3.05, 3.63) is 27.9 Å². The lowest BCUT2D eigenvalue weighted by molar-refractivity contribution is -0.389. The molecule has 0 amide bonds. The Hall–Kier alpha value is -1.35. The third-order valence-corrected chi connectivity index (χ3v) is 1.85. The van der Waals surface area contributed by atoms with Gasteiger partial charge in [-0.25, -0.2) is 0 Å². The van der Waals surface area contributed by atoms with Crippen LogP contribution in [0.3, 0.4) is 0 Å². The van der Waals surface area contributed by atoms with Gasteiger partial charge in [0.2, 0.25) is 5.69 Å². The Bertz CT molecular complexity index is 338. The first kappa shape index (κ1) is 7.75. The number of hydrogen-bond donors (Lipinski definition) is 0. The number of nitro groups is 1. The summed E-state index contributed by atoms with van der Waals surface area (Å²) in [7, 11) is 0. The SMILES string of the molecule is N#Cc1ccc([N+](=O)[O-])n1Br. The molecule has 0 aliphatic heterocycles. The molecule has 0 unspecified atom stereocenters. The van der Waals surface area contributed by atoms with Gasteiger partial charge in [-0.05, 0) is 4.92 Å². The van der Waals surface area contributed by atoms with Crippen molar-refractivity contribution in [2.45, 2.75) is 0 Å². The van der Waals surface area contributed by atoms with Gasteiger partial charge in [-0.2, -0.15) is 5.26 Å². The maximum atomic E-state index is 10.2. The highest BCUT2D eigenvalue weighted by Gasteiger charge is 2.15. The lowest BCUT2D eigenvalue weighted by Gasteiger charge is -1.90. The van der Waals surface area contributed by atoms with Gasteiger partial charge < -0.3 is 10.1 Å². The van der Waals surface area contributed by atoms with Crippen LogP contribution in [-0.4, -0.2) is 8.52 Å². The fourth-order valence-electron chi connectivity index (χ4n) is 0.621. The first-order valence-electron chi connectivity index (χ1n) is 2.59. The number of aromatic nitrogens is 1. The van der Waals surface area contributed by atoms with Gasteiger partial charge in [0, 0.05) is 12.1 Å². The van der Waals surface area contributed by atoms with E-state index in [1.165, 1.54) is 12.1 Å². The van der Waals surface area contributed by atoms with Crippen LogP contribution in [0.5, 0.6) is 0 Å². The quantitative estimate of drug-likeness (QED) is 0.526. The Morgan fingerprint density at radius 3 is 2.64 bits per heavy atom. The summed E-state index contributed by atoms with van der Waals surface area (Å²) in [6.07, 6.45) is 0. The predicted octanol–water partition coefficient (Wildman–Crippen LogP) is 1.43. The first-order valence-corrected chi connectivity index (χ1v) is 3.30. The summed E-state index contributed by atoms with van der Waals surface area (Å²) in [6.45, 7) is 0. The summed E-state index contributed by atoms with van der Waals surface area (Å²) >= 11 is 2.86. The largest absolute Gasteiger partial charge is 0.358 e. The second kappa shape index (κ2) is 2.72. The molecule has 0 saturated heterocycles. The summed E-state index contributed by atoms with van der Waals surface area (Å²) in [6, 6.07) is 4.41. The minimum absolute atomic E-state index is 0.151. The number of halogens is 1. The van der Waals surface area contributed by atoms with E-state index < -0.39 is 4.92 Å². The average Bonchev–Trinajstić information content (AvgIpc) is 2.30. The van der Waals surface area contributed by atoms with Gasteiger partial charge in [0.1, 0.15) is 6.07 Å². The van der Waals surface area contributed by atoms with Crippen molar-refractivity contribution in [2.24, 2.45) is 0 Å². The second-order valence-corrected chi connectivity index (χ2v) is 2.44. The van der Waals surface area contributed by atoms with Crippen molar-refractivity contribution in [2.75, 3.05) is 0 Å². The van der Waals surface area contributed by atoms with Gasteiger partial charge in [0.15, 0.2) is 16.1 Å². The van der Waals surface area contributed by atoms with E-state index in [1.807, 2.05) is 0 Å². The minimum atomic E-state index is -0.574. The van der Waals surface area contributed by atoms with Crippen LogP contribution in [0.1, 0.15) is 5.69 Å². The zero-order valence-electron chi connectivity index (χ0n) is 5.19. The summed E-state index contributed by atoms with van der Waals surface area (Å²) in [4.78, 5) is 9.62. The van der Waals surface area contributed by atoms with E-state index in [9.17, 15) is 10.1 Å². The maximum Gasteiger partial charge on any atom is 0.334 e. The molecule has 5 nitrogen and oxygen atoms in total. The minimum Gasteiger partial charge on any atom is -0.358 e. The van der Waals surface area contributed by atoms with Gasteiger partial charge in [-0.1, -0.05) is 0 Å². The monoisotopic (exact) mass is 215 g/mol. The van der Waals surface area contributed by atoms with Gasteiger partial charge in [0.25, 0.3) is 0 Å². The fourth-order valence-corrected chi connectivity index (χ4v) is 1.07. The van der Waals surface area contributed by atoms with Crippen LogP contribution in [0, 0.1) is 21.4 Å². The van der Waals surface area contributed by atoms with E-state index in [0.29, 0.717) is 0 Å². The summed E-state index contributed by atoms with van der Waals surface area (Å²) < 4.78 is 1.05. The number of hydrogen-bond acceptors (Lipinski definition) is 3. The second-order valence-electron chi connectivity index (χ2n) is 1.73. The first-order chi connectivity index (χ1) is 5.16. The van der Waals surface area contributed by atoms with Crippen molar-refractivity contribution in [3.8, 4) is 6.07 Å². The summed E-state index contributed by atoms with van der Waals surface area (Å²) in [5.41, 5.74) is 0.205. The van der Waals surface area contributed by atoms with E-state index in [1.54, 1.807) is 6.07 Å². The van der Waals surface area contributed by atoms with E-state index in [-0.39, 0.29) is 11.5 Å². The third kappa shape index (κ3) is 1.23. The fraction of sp³-hybridized carbons (Fsp3) is 0. The molecule has 0 aliphatic carbocycles. The molecule has 0 aromatic carbocycles. The van der Waals surface area contributed by atoms with Gasteiger partial charge in [0.05, 0.1) is 0 Å². The van der Waals surface area contributed by atoms with Crippen molar-refractivity contribution < 1.29 is 4.92 Å². The molecule has 11 heavy (non-hydrogen) atoms. The molecule has 1 aromatic rings. The Morgan fingerprint density at radius 2 is 2.36 bits per heavy atom. The van der Waals surface area contributed by atoms with Crippen molar-refractivity contribution in [1.82, 2.24) is 3.59 Å². The number of rotatable bonds is 1. The van der Waals surface area contributed by atoms with Crippen LogP contribution in [0.4, 0.5) is 5.82 Å². The number of nitrogens with zero attached hydrogens (tertiary/aromatic N) is 3. The van der Waals surface area contributed by atoms with Crippen LogP contribution in [0.2, 0.25) is 0 Å². The molecule has 1 heterocycles. The highest BCUT2D eigenvalue weighted by atomic mass is 79.9. The molecule has 0 aliphatic rings. The maximum absolute atomic E-state index is 10.2. The zero-order chi connectivity index (χ0) is 8.43. The highest BCUT2D eigenvalue weighted by molar-refractivity contribution is 9.08. The highest BCUT2D eigenvalue weighted by Crippen LogP contribution is 2.18. The van der Waals surface area contributed by atoms with E-state index in [0.717, 1.165) is 3.59 Å². The smallest absolute Gasteiger partial charge is 0.334 e. The predicted molar refractivity (Wildman–Crippen MR) is 40.1 cm³/mol. The zero-order valence-corrected chi connectivity index (χ0v) is 6.78. The van der Waals surface area contributed by atoms with Crippen molar-refractivity contribution >= 4 is 22.0 Å². The van der Waals surface area contributed by atoms with Gasteiger partial charge in [-0.3, -0.25) is 0 Å². The van der Waals surface area contributed by atoms with Crippen LogP contribution < -0.4 is 0 Å². The van der Waals surface area contributed by atoms with Crippen LogP contribution in [0.15, 0.2) is 12.1 Å². The molecule has 0 saturated carbocycles. The topological polar surface area (TPSA) is 71.9 Å². The molecular weight excluding hydrogens is 214 g/mol. The standard InChI is InChI=1S/C5H2BrN3O2/c6-8-4(3-7)1-2-5(8)9(10)11/h1-2H.